The Hall–Kier alpha value is -0.851. The molecule has 0 radical (unpaired) electrons. The molecule has 94 valence electrons. The van der Waals surface area contributed by atoms with Crippen LogP contribution in [0.1, 0.15) is 6.92 Å². The summed E-state index contributed by atoms with van der Waals surface area (Å²) in [5, 5.41) is 0.815. The molecule has 4 heteroatoms. The van der Waals surface area contributed by atoms with Crippen molar-refractivity contribution >= 4 is 30.3 Å². The molecule has 18 heavy (non-hydrogen) atoms. The van der Waals surface area contributed by atoms with E-state index < -0.39 is 6.06 Å². The van der Waals surface area contributed by atoms with Gasteiger partial charge in [0.15, 0.2) is 0 Å². The Balaban J connectivity index is 2.31. The molecular weight excluding hydrogens is 310 g/mol. The van der Waals surface area contributed by atoms with Crippen LogP contribution in [0.4, 0.5) is 0 Å². The number of hydrogen-bond donors (Lipinski definition) is 0. The Morgan fingerprint density at radius 3 is 2.11 bits per heavy atom. The van der Waals surface area contributed by atoms with Crippen LogP contribution in [0.25, 0.3) is 0 Å². The standard InChI is InChI=1S/C14H15O2PSe/c1-2-16-17(15,13-9-5-3-6-10-13)18-14-11-7-4-8-12-14/h3-12H,2H2,1H3. The van der Waals surface area contributed by atoms with Gasteiger partial charge in [-0.05, 0) is 0 Å². The molecule has 0 N–H and O–H groups in total. The number of rotatable bonds is 5. The Labute approximate surface area is 114 Å². The van der Waals surface area contributed by atoms with Gasteiger partial charge >= 0.3 is 114 Å². The summed E-state index contributed by atoms with van der Waals surface area (Å²) >= 11 is -0.189. The second-order valence-electron chi connectivity index (χ2n) is 3.66. The van der Waals surface area contributed by atoms with Gasteiger partial charge in [-0.3, -0.25) is 0 Å². The molecule has 0 fully saturated rings. The fraction of sp³-hybridized carbons (Fsp3) is 0.143. The van der Waals surface area contributed by atoms with Gasteiger partial charge < -0.3 is 0 Å². The molecule has 0 saturated carbocycles. The first-order valence-corrected chi connectivity index (χ1v) is 10.5. The molecule has 0 aliphatic carbocycles. The van der Waals surface area contributed by atoms with Crippen LogP contribution >= 0.6 is 6.06 Å². The van der Waals surface area contributed by atoms with Gasteiger partial charge in [-0.2, -0.15) is 0 Å². The van der Waals surface area contributed by atoms with E-state index in [0.29, 0.717) is 6.61 Å². The summed E-state index contributed by atoms with van der Waals surface area (Å²) in [6.07, 6.45) is 0. The van der Waals surface area contributed by atoms with E-state index in [1.54, 1.807) is 0 Å². The molecule has 0 saturated heterocycles. The van der Waals surface area contributed by atoms with Crippen LogP contribution in [0, 0.1) is 0 Å². The van der Waals surface area contributed by atoms with Crippen molar-refractivity contribution in [3.63, 3.8) is 0 Å². The predicted octanol–water partition coefficient (Wildman–Crippen LogP) is 2.57. The SMILES string of the molecule is CCOP(=O)([Se]c1ccccc1)c1ccccc1. The topological polar surface area (TPSA) is 26.3 Å². The van der Waals surface area contributed by atoms with Gasteiger partial charge in [0.1, 0.15) is 0 Å². The Kier molecular flexibility index (Phi) is 4.79. The van der Waals surface area contributed by atoms with Crippen LogP contribution in [0.5, 0.6) is 0 Å². The minimum absolute atomic E-state index is 0.189. The Morgan fingerprint density at radius 1 is 1.00 bits per heavy atom. The van der Waals surface area contributed by atoms with Crippen LogP contribution < -0.4 is 9.77 Å². The van der Waals surface area contributed by atoms with Crippen molar-refractivity contribution in [1.29, 1.82) is 0 Å². The third-order valence-electron chi connectivity index (χ3n) is 2.34. The molecule has 0 aromatic heterocycles. The summed E-state index contributed by atoms with van der Waals surface area (Å²) in [5.41, 5.74) is 0. The first-order chi connectivity index (χ1) is 8.74. The molecular formula is C14H15O2PSe. The van der Waals surface area contributed by atoms with E-state index in [1.807, 2.05) is 67.6 Å². The summed E-state index contributed by atoms with van der Waals surface area (Å²) in [6.45, 7) is 2.36. The number of benzene rings is 2. The average molecular weight is 325 g/mol. The summed E-state index contributed by atoms with van der Waals surface area (Å²) in [5.74, 6) is 0. The van der Waals surface area contributed by atoms with Crippen molar-refractivity contribution < 1.29 is 9.09 Å². The minimum atomic E-state index is -2.73. The van der Waals surface area contributed by atoms with Gasteiger partial charge in [-0.25, -0.2) is 0 Å². The van der Waals surface area contributed by atoms with Crippen LogP contribution in [0.2, 0.25) is 0 Å². The average Bonchev–Trinajstić information content (AvgIpc) is 2.41. The molecule has 0 bridgehead atoms. The van der Waals surface area contributed by atoms with Gasteiger partial charge in [-0.15, -0.1) is 0 Å². The van der Waals surface area contributed by atoms with Crippen molar-refractivity contribution in [2.24, 2.45) is 0 Å². The monoisotopic (exact) mass is 326 g/mol. The molecule has 2 rings (SSSR count). The Bertz CT molecular complexity index is 528. The van der Waals surface area contributed by atoms with Crippen LogP contribution in [-0.2, 0) is 9.09 Å². The first-order valence-electron chi connectivity index (χ1n) is 5.79. The second-order valence-corrected chi connectivity index (χ2v) is 10.8. The summed E-state index contributed by atoms with van der Waals surface area (Å²) in [4.78, 5) is 0. The van der Waals surface area contributed by atoms with E-state index in [1.165, 1.54) is 0 Å². The van der Waals surface area contributed by atoms with Gasteiger partial charge in [0.2, 0.25) is 0 Å². The second kappa shape index (κ2) is 6.36. The molecule has 2 aromatic carbocycles. The fourth-order valence-corrected chi connectivity index (χ4v) is 8.41. The first kappa shape index (κ1) is 13.6. The van der Waals surface area contributed by atoms with Gasteiger partial charge in [0.05, 0.1) is 0 Å². The molecule has 0 amide bonds. The van der Waals surface area contributed by atoms with Crippen molar-refractivity contribution in [3.05, 3.63) is 60.7 Å². The zero-order chi connectivity index (χ0) is 12.8. The quantitative estimate of drug-likeness (QED) is 0.624. The molecule has 2 nitrogen and oxygen atoms in total. The van der Waals surface area contributed by atoms with Crippen LogP contribution in [0.3, 0.4) is 0 Å². The van der Waals surface area contributed by atoms with Gasteiger partial charge in [0.25, 0.3) is 0 Å². The molecule has 1 atom stereocenters. The van der Waals surface area contributed by atoms with E-state index in [-0.39, 0.29) is 14.5 Å². The number of hydrogen-bond acceptors (Lipinski definition) is 2. The molecule has 0 aliphatic rings. The maximum absolute atomic E-state index is 13.0. The maximum atomic E-state index is 13.0. The van der Waals surface area contributed by atoms with Crippen molar-refractivity contribution in [3.8, 4) is 0 Å². The van der Waals surface area contributed by atoms with Crippen molar-refractivity contribution in [1.82, 2.24) is 0 Å². The van der Waals surface area contributed by atoms with E-state index >= 15 is 0 Å². The Morgan fingerprint density at radius 2 is 1.56 bits per heavy atom. The van der Waals surface area contributed by atoms with Crippen molar-refractivity contribution in [2.45, 2.75) is 6.92 Å². The van der Waals surface area contributed by atoms with Crippen LogP contribution in [0.15, 0.2) is 60.7 Å². The van der Waals surface area contributed by atoms with E-state index in [9.17, 15) is 4.57 Å². The van der Waals surface area contributed by atoms with E-state index in [4.69, 9.17) is 4.52 Å². The molecule has 0 aliphatic heterocycles. The summed E-state index contributed by atoms with van der Waals surface area (Å²) < 4.78 is 19.7. The fourth-order valence-electron chi connectivity index (χ4n) is 1.55. The summed E-state index contributed by atoms with van der Waals surface area (Å²) in [6, 6.07) is 16.7. The third-order valence-corrected chi connectivity index (χ3v) is 9.72. The molecule has 1 unspecified atom stereocenters. The van der Waals surface area contributed by atoms with Crippen LogP contribution in [-0.4, -0.2) is 21.1 Å². The predicted molar refractivity (Wildman–Crippen MR) is 77.1 cm³/mol. The van der Waals surface area contributed by atoms with Crippen molar-refractivity contribution in [2.75, 3.05) is 6.61 Å². The van der Waals surface area contributed by atoms with E-state index in [0.717, 1.165) is 9.77 Å². The normalized spacial score (nSPS) is 14.1. The molecule has 2 aromatic rings. The van der Waals surface area contributed by atoms with E-state index in [2.05, 4.69) is 0 Å². The summed E-state index contributed by atoms with van der Waals surface area (Å²) in [7, 11) is 0. The molecule has 0 spiro atoms. The third kappa shape index (κ3) is 3.34. The zero-order valence-corrected chi connectivity index (χ0v) is 12.8. The van der Waals surface area contributed by atoms with Gasteiger partial charge in [-0.1, -0.05) is 0 Å². The van der Waals surface area contributed by atoms with Gasteiger partial charge in [0, 0.05) is 0 Å². The molecule has 0 heterocycles. The zero-order valence-electron chi connectivity index (χ0n) is 10.2.